The molecule has 0 saturated heterocycles. The fourth-order valence-electron chi connectivity index (χ4n) is 3.99. The quantitative estimate of drug-likeness (QED) is 0.761. The molecule has 0 unspecified atom stereocenters. The Kier molecular flexibility index (Phi) is 3.61. The number of nitrogens with zero attached hydrogens (tertiary/aromatic N) is 1. The minimum Gasteiger partial charge on any atom is -0.504 e. The van der Waals surface area contributed by atoms with Gasteiger partial charge in [-0.05, 0) is 47.7 Å². The number of rotatable bonds is 2. The van der Waals surface area contributed by atoms with Crippen LogP contribution in [0.25, 0.3) is 0 Å². The van der Waals surface area contributed by atoms with Crippen LogP contribution < -0.4 is 9.47 Å². The number of phenols is 3. The van der Waals surface area contributed by atoms with Crippen LogP contribution in [-0.4, -0.2) is 46.9 Å². The molecule has 1 amide bonds. The number of ether oxygens (including phenoxy) is 2. The fraction of sp³-hybridized carbons (Fsp3) is 0.316. The van der Waals surface area contributed by atoms with Crippen molar-refractivity contribution in [2.45, 2.75) is 18.9 Å². The molecule has 2 heterocycles. The summed E-state index contributed by atoms with van der Waals surface area (Å²) in [6.45, 7) is 0.493. The first-order valence-corrected chi connectivity index (χ1v) is 8.28. The second-order valence-corrected chi connectivity index (χ2v) is 6.50. The van der Waals surface area contributed by atoms with E-state index in [0.717, 1.165) is 11.1 Å². The monoisotopic (exact) mass is 357 g/mol. The van der Waals surface area contributed by atoms with Gasteiger partial charge in [0.2, 0.25) is 5.75 Å². The van der Waals surface area contributed by atoms with E-state index < -0.39 is 0 Å². The molecular weight excluding hydrogens is 338 g/mol. The number of benzene rings is 2. The Morgan fingerprint density at radius 1 is 1.04 bits per heavy atom. The van der Waals surface area contributed by atoms with Gasteiger partial charge in [-0.3, -0.25) is 4.79 Å². The molecule has 0 aliphatic carbocycles. The van der Waals surface area contributed by atoms with Gasteiger partial charge < -0.3 is 29.7 Å². The number of carbonyl (C=O) groups excluding carboxylic acids is 1. The second-order valence-electron chi connectivity index (χ2n) is 6.50. The summed E-state index contributed by atoms with van der Waals surface area (Å²) in [5.41, 5.74) is 2.58. The van der Waals surface area contributed by atoms with Gasteiger partial charge in [0.25, 0.3) is 5.91 Å². The number of hydrogen-bond acceptors (Lipinski definition) is 6. The molecule has 0 spiro atoms. The molecule has 26 heavy (non-hydrogen) atoms. The van der Waals surface area contributed by atoms with Crippen LogP contribution in [0.2, 0.25) is 0 Å². The average molecular weight is 357 g/mol. The molecule has 4 rings (SSSR count). The van der Waals surface area contributed by atoms with E-state index in [4.69, 9.17) is 9.47 Å². The molecule has 2 aromatic rings. The predicted octanol–water partition coefficient (Wildman–Crippen LogP) is 2.12. The molecule has 0 bridgehead atoms. The van der Waals surface area contributed by atoms with Crippen LogP contribution in [0.1, 0.15) is 33.1 Å². The zero-order chi connectivity index (χ0) is 18.6. The van der Waals surface area contributed by atoms with Crippen molar-refractivity contribution < 1.29 is 29.6 Å². The van der Waals surface area contributed by atoms with E-state index in [-0.39, 0.29) is 40.5 Å². The molecule has 0 fully saturated rings. The summed E-state index contributed by atoms with van der Waals surface area (Å²) in [6, 6.07) is 4.61. The van der Waals surface area contributed by atoms with Crippen molar-refractivity contribution in [3.63, 3.8) is 0 Å². The smallest absolute Gasteiger partial charge is 0.258 e. The number of fused-ring (bicyclic) bond motifs is 4. The first-order chi connectivity index (χ1) is 12.5. The molecule has 0 radical (unpaired) electrons. The molecule has 0 saturated carbocycles. The summed E-state index contributed by atoms with van der Waals surface area (Å²) in [6.07, 6.45) is 1.05. The van der Waals surface area contributed by atoms with E-state index >= 15 is 0 Å². The zero-order valence-corrected chi connectivity index (χ0v) is 14.4. The average Bonchev–Trinajstić information content (AvgIpc) is 2.61. The highest BCUT2D eigenvalue weighted by Gasteiger charge is 2.40. The lowest BCUT2D eigenvalue weighted by molar-refractivity contribution is 0.0626. The van der Waals surface area contributed by atoms with Crippen LogP contribution in [0.5, 0.6) is 28.7 Å². The standard InChI is InChI=1S/C19H19NO6/c1-25-15-7-9-3-4-20-12(11(9)8-13(15)21)5-10-6-14(22)18(26-2)17(23)16(10)19(20)24/h6-8,12,21-23H,3-5H2,1-2H3/t12-/m0/s1. The normalized spacial score (nSPS) is 18.0. The number of amides is 1. The van der Waals surface area contributed by atoms with E-state index in [1.807, 2.05) is 0 Å². The van der Waals surface area contributed by atoms with Crippen LogP contribution in [0, 0.1) is 0 Å². The summed E-state index contributed by atoms with van der Waals surface area (Å²) in [4.78, 5) is 14.7. The molecule has 7 heteroatoms. The van der Waals surface area contributed by atoms with Crippen LogP contribution in [-0.2, 0) is 12.8 Å². The van der Waals surface area contributed by atoms with Crippen molar-refractivity contribution >= 4 is 5.91 Å². The Bertz CT molecular complexity index is 923. The highest BCUT2D eigenvalue weighted by molar-refractivity contribution is 6.01. The van der Waals surface area contributed by atoms with Gasteiger partial charge in [-0.15, -0.1) is 0 Å². The lowest BCUT2D eigenvalue weighted by Gasteiger charge is -2.41. The zero-order valence-electron chi connectivity index (χ0n) is 14.4. The molecular formula is C19H19NO6. The third-order valence-corrected chi connectivity index (χ3v) is 5.21. The maximum Gasteiger partial charge on any atom is 0.258 e. The Labute approximate surface area is 150 Å². The maximum atomic E-state index is 13.0. The molecule has 3 N–H and O–H groups in total. The molecule has 2 aliphatic heterocycles. The summed E-state index contributed by atoms with van der Waals surface area (Å²) in [5.74, 6) is -0.539. The van der Waals surface area contributed by atoms with E-state index in [2.05, 4.69) is 0 Å². The predicted molar refractivity (Wildman–Crippen MR) is 92.2 cm³/mol. The lowest BCUT2D eigenvalue weighted by atomic mass is 9.83. The summed E-state index contributed by atoms with van der Waals surface area (Å²) in [7, 11) is 2.82. The minimum atomic E-state index is -0.339. The van der Waals surface area contributed by atoms with Crippen molar-refractivity contribution in [3.05, 3.63) is 40.5 Å². The van der Waals surface area contributed by atoms with Gasteiger partial charge in [-0.2, -0.15) is 0 Å². The Morgan fingerprint density at radius 2 is 1.81 bits per heavy atom. The molecule has 2 aliphatic rings. The fourth-order valence-corrected chi connectivity index (χ4v) is 3.99. The maximum absolute atomic E-state index is 13.0. The topological polar surface area (TPSA) is 99.5 Å². The number of hydrogen-bond donors (Lipinski definition) is 3. The summed E-state index contributed by atoms with van der Waals surface area (Å²) >= 11 is 0. The molecule has 0 aromatic heterocycles. The largest absolute Gasteiger partial charge is 0.504 e. The van der Waals surface area contributed by atoms with Gasteiger partial charge in [0.15, 0.2) is 23.0 Å². The van der Waals surface area contributed by atoms with Crippen LogP contribution >= 0.6 is 0 Å². The van der Waals surface area contributed by atoms with E-state index in [1.165, 1.54) is 20.3 Å². The molecule has 1 atom stereocenters. The van der Waals surface area contributed by atoms with E-state index in [9.17, 15) is 20.1 Å². The SMILES string of the molecule is COc1cc2c(cc1O)[C@@H]1Cc3cc(O)c(OC)c(O)c3C(=O)N1CC2. The van der Waals surface area contributed by atoms with Crippen molar-refractivity contribution in [2.75, 3.05) is 20.8 Å². The Balaban J connectivity index is 1.85. The van der Waals surface area contributed by atoms with Crippen LogP contribution in [0.4, 0.5) is 0 Å². The van der Waals surface area contributed by atoms with Crippen molar-refractivity contribution in [3.8, 4) is 28.7 Å². The number of methoxy groups -OCH3 is 2. The highest BCUT2D eigenvalue weighted by Crippen LogP contribution is 2.48. The van der Waals surface area contributed by atoms with E-state index in [1.54, 1.807) is 17.0 Å². The molecule has 136 valence electrons. The lowest BCUT2D eigenvalue weighted by Crippen LogP contribution is -2.44. The van der Waals surface area contributed by atoms with Gasteiger partial charge in [-0.25, -0.2) is 0 Å². The van der Waals surface area contributed by atoms with Gasteiger partial charge in [0.1, 0.15) is 0 Å². The van der Waals surface area contributed by atoms with Gasteiger partial charge in [-0.1, -0.05) is 0 Å². The molecule has 7 nitrogen and oxygen atoms in total. The van der Waals surface area contributed by atoms with Crippen LogP contribution in [0.3, 0.4) is 0 Å². The number of carbonyl (C=O) groups is 1. The van der Waals surface area contributed by atoms with Crippen molar-refractivity contribution in [1.82, 2.24) is 4.90 Å². The Hall–Kier alpha value is -3.09. The minimum absolute atomic E-state index is 0.0202. The second kappa shape index (κ2) is 5.72. The number of phenolic OH excluding ortho intramolecular Hbond substituents is 3. The van der Waals surface area contributed by atoms with E-state index in [0.29, 0.717) is 30.7 Å². The highest BCUT2D eigenvalue weighted by atomic mass is 16.5. The summed E-state index contributed by atoms with van der Waals surface area (Å²) in [5, 5.41) is 30.6. The summed E-state index contributed by atoms with van der Waals surface area (Å²) < 4.78 is 10.2. The van der Waals surface area contributed by atoms with Gasteiger partial charge in [0, 0.05) is 6.54 Å². The third-order valence-electron chi connectivity index (χ3n) is 5.21. The van der Waals surface area contributed by atoms with Gasteiger partial charge in [0.05, 0.1) is 25.8 Å². The first-order valence-electron chi connectivity index (χ1n) is 8.28. The van der Waals surface area contributed by atoms with Crippen molar-refractivity contribution in [2.24, 2.45) is 0 Å². The Morgan fingerprint density at radius 3 is 2.50 bits per heavy atom. The number of aromatic hydroxyl groups is 3. The van der Waals surface area contributed by atoms with Crippen LogP contribution in [0.15, 0.2) is 18.2 Å². The first kappa shape index (κ1) is 16.4. The molecule has 2 aromatic carbocycles. The van der Waals surface area contributed by atoms with Gasteiger partial charge >= 0.3 is 0 Å². The third kappa shape index (κ3) is 2.16. The van der Waals surface area contributed by atoms with Crippen molar-refractivity contribution in [1.29, 1.82) is 0 Å².